The quantitative estimate of drug-likeness (QED) is 0.774. The van der Waals surface area contributed by atoms with Gasteiger partial charge in [-0.1, -0.05) is 11.6 Å². The maximum atomic E-state index is 6.26. The zero-order valence-electron chi connectivity index (χ0n) is 13.4. The van der Waals surface area contributed by atoms with E-state index in [4.69, 9.17) is 4.74 Å². The molecule has 1 heterocycles. The first-order chi connectivity index (χ1) is 8.84. The molecule has 0 saturated carbocycles. The summed E-state index contributed by atoms with van der Waals surface area (Å²) in [6.07, 6.45) is 10.2. The lowest BCUT2D eigenvalue weighted by molar-refractivity contribution is -0.0774. The summed E-state index contributed by atoms with van der Waals surface area (Å²) >= 11 is 0. The van der Waals surface area contributed by atoms with Crippen molar-refractivity contribution in [3.8, 4) is 0 Å². The van der Waals surface area contributed by atoms with Crippen molar-refractivity contribution in [2.75, 3.05) is 7.05 Å². The van der Waals surface area contributed by atoms with Crippen LogP contribution in [-0.2, 0) is 4.74 Å². The lowest BCUT2D eigenvalue weighted by Crippen LogP contribution is -2.43. The molecule has 2 rings (SSSR count). The Balaban J connectivity index is 2.06. The molecule has 0 radical (unpaired) electrons. The molecule has 2 nitrogen and oxygen atoms in total. The van der Waals surface area contributed by atoms with E-state index in [1.807, 2.05) is 0 Å². The van der Waals surface area contributed by atoms with Gasteiger partial charge in [-0.05, 0) is 73.3 Å². The largest absolute Gasteiger partial charge is 0.369 e. The van der Waals surface area contributed by atoms with Crippen LogP contribution in [0, 0.1) is 5.92 Å². The van der Waals surface area contributed by atoms with E-state index in [0.29, 0.717) is 12.0 Å². The summed E-state index contributed by atoms with van der Waals surface area (Å²) in [6.45, 7) is 8.96. The highest BCUT2D eigenvalue weighted by Gasteiger charge is 2.48. The predicted molar refractivity (Wildman–Crippen MR) is 81.4 cm³/mol. The normalized spacial score (nSPS) is 31.0. The molecule has 0 aromatic rings. The van der Waals surface area contributed by atoms with Crippen molar-refractivity contribution in [3.63, 3.8) is 0 Å². The second-order valence-electron chi connectivity index (χ2n) is 7.48. The van der Waals surface area contributed by atoms with Crippen LogP contribution in [0.15, 0.2) is 11.6 Å². The third-order valence-electron chi connectivity index (χ3n) is 4.87. The van der Waals surface area contributed by atoms with E-state index in [2.05, 4.69) is 46.1 Å². The molecule has 19 heavy (non-hydrogen) atoms. The predicted octanol–water partition coefficient (Wildman–Crippen LogP) is 4.06. The smallest absolute Gasteiger partial charge is 0.0677 e. The van der Waals surface area contributed by atoms with Gasteiger partial charge in [0.1, 0.15) is 0 Å². The summed E-state index contributed by atoms with van der Waals surface area (Å²) in [7, 11) is 2.11. The van der Waals surface area contributed by atoms with Gasteiger partial charge in [0, 0.05) is 12.0 Å². The molecule has 1 saturated heterocycles. The first kappa shape index (κ1) is 15.1. The van der Waals surface area contributed by atoms with Gasteiger partial charge in [-0.15, -0.1) is 0 Å². The highest BCUT2D eigenvalue weighted by atomic mass is 16.5. The fourth-order valence-corrected chi connectivity index (χ4v) is 4.05. The van der Waals surface area contributed by atoms with Crippen molar-refractivity contribution in [2.24, 2.45) is 5.92 Å². The van der Waals surface area contributed by atoms with Crippen LogP contribution in [0.4, 0.5) is 0 Å². The molecule has 1 aliphatic heterocycles. The van der Waals surface area contributed by atoms with Crippen LogP contribution in [0.2, 0.25) is 0 Å². The third kappa shape index (κ3) is 3.61. The molecule has 2 atom stereocenters. The molecule has 1 aliphatic carbocycles. The van der Waals surface area contributed by atoms with Crippen LogP contribution in [0.25, 0.3) is 0 Å². The Labute approximate surface area is 119 Å². The van der Waals surface area contributed by atoms with Gasteiger partial charge in [0.2, 0.25) is 0 Å². The van der Waals surface area contributed by atoms with Crippen LogP contribution in [0.3, 0.4) is 0 Å². The molecular formula is C17H31NO. The molecule has 0 amide bonds. The summed E-state index contributed by atoms with van der Waals surface area (Å²) in [5, 5.41) is 3.56. The maximum Gasteiger partial charge on any atom is 0.0677 e. The maximum absolute atomic E-state index is 6.26. The van der Waals surface area contributed by atoms with Gasteiger partial charge >= 0.3 is 0 Å². The Morgan fingerprint density at radius 2 is 2.05 bits per heavy atom. The van der Waals surface area contributed by atoms with Gasteiger partial charge in [0.15, 0.2) is 0 Å². The molecule has 110 valence electrons. The number of hydrogen-bond donors (Lipinski definition) is 1. The highest BCUT2D eigenvalue weighted by molar-refractivity contribution is 5.10. The second-order valence-corrected chi connectivity index (χ2v) is 7.48. The van der Waals surface area contributed by atoms with Crippen molar-refractivity contribution in [3.05, 3.63) is 11.6 Å². The van der Waals surface area contributed by atoms with E-state index < -0.39 is 0 Å². The summed E-state index contributed by atoms with van der Waals surface area (Å²) < 4.78 is 6.26. The first-order valence-corrected chi connectivity index (χ1v) is 7.89. The van der Waals surface area contributed by atoms with Gasteiger partial charge in [-0.3, -0.25) is 0 Å². The molecule has 1 N–H and O–H groups in total. The molecule has 2 heteroatoms. The van der Waals surface area contributed by atoms with E-state index in [0.717, 1.165) is 6.42 Å². The molecule has 2 unspecified atom stereocenters. The van der Waals surface area contributed by atoms with Crippen molar-refractivity contribution < 1.29 is 4.74 Å². The Bertz CT molecular complexity index is 343. The SMILES string of the molecule is CNC(CC1=CCCCC1)C1CC(C)(C)OC1(C)C. The summed E-state index contributed by atoms with van der Waals surface area (Å²) in [5.41, 5.74) is 1.66. The lowest BCUT2D eigenvalue weighted by atomic mass is 9.78. The zero-order valence-corrected chi connectivity index (χ0v) is 13.4. The van der Waals surface area contributed by atoms with Gasteiger partial charge in [-0.25, -0.2) is 0 Å². The summed E-state index contributed by atoms with van der Waals surface area (Å²) in [4.78, 5) is 0. The van der Waals surface area contributed by atoms with Crippen LogP contribution in [0.5, 0.6) is 0 Å². The van der Waals surface area contributed by atoms with Gasteiger partial charge in [-0.2, -0.15) is 0 Å². The number of rotatable bonds is 4. The summed E-state index contributed by atoms with van der Waals surface area (Å²) in [5.74, 6) is 0.593. The van der Waals surface area contributed by atoms with E-state index in [1.165, 1.54) is 32.1 Å². The van der Waals surface area contributed by atoms with Crippen LogP contribution < -0.4 is 5.32 Å². The Morgan fingerprint density at radius 1 is 1.32 bits per heavy atom. The minimum absolute atomic E-state index is 0.0181. The molecular weight excluding hydrogens is 234 g/mol. The molecule has 0 bridgehead atoms. The van der Waals surface area contributed by atoms with Crippen molar-refractivity contribution >= 4 is 0 Å². The molecule has 0 aromatic carbocycles. The minimum atomic E-state index is -0.0214. The number of ether oxygens (including phenoxy) is 1. The average Bonchev–Trinajstić information content (AvgIpc) is 2.55. The van der Waals surface area contributed by atoms with E-state index >= 15 is 0 Å². The topological polar surface area (TPSA) is 21.3 Å². The van der Waals surface area contributed by atoms with E-state index in [9.17, 15) is 0 Å². The third-order valence-corrected chi connectivity index (χ3v) is 4.87. The molecule has 0 spiro atoms. The second kappa shape index (κ2) is 5.57. The van der Waals surface area contributed by atoms with Gasteiger partial charge in [0.05, 0.1) is 11.2 Å². The van der Waals surface area contributed by atoms with Crippen molar-refractivity contribution in [2.45, 2.75) is 83.5 Å². The van der Waals surface area contributed by atoms with Crippen LogP contribution in [-0.4, -0.2) is 24.3 Å². The fraction of sp³-hybridized carbons (Fsp3) is 0.882. The Morgan fingerprint density at radius 3 is 2.53 bits per heavy atom. The monoisotopic (exact) mass is 265 g/mol. The standard InChI is InChI=1S/C17H31NO/c1-16(2)12-14(17(3,4)19-16)15(18-5)11-13-9-7-6-8-10-13/h9,14-15,18H,6-8,10-12H2,1-5H3. The molecule has 1 fully saturated rings. The van der Waals surface area contributed by atoms with Crippen LogP contribution >= 0.6 is 0 Å². The molecule has 2 aliphatic rings. The number of hydrogen-bond acceptors (Lipinski definition) is 2. The highest BCUT2D eigenvalue weighted by Crippen LogP contribution is 2.44. The lowest BCUT2D eigenvalue weighted by Gasteiger charge is -2.33. The summed E-state index contributed by atoms with van der Waals surface area (Å²) in [6, 6.07) is 0.543. The minimum Gasteiger partial charge on any atom is -0.369 e. The van der Waals surface area contributed by atoms with E-state index in [-0.39, 0.29) is 11.2 Å². The zero-order chi connectivity index (χ0) is 14.1. The Kier molecular flexibility index (Phi) is 4.42. The Hall–Kier alpha value is -0.340. The number of nitrogens with one attached hydrogen (secondary N) is 1. The first-order valence-electron chi connectivity index (χ1n) is 7.89. The average molecular weight is 265 g/mol. The number of allylic oxidation sites excluding steroid dienone is 1. The van der Waals surface area contributed by atoms with Gasteiger partial charge < -0.3 is 10.1 Å². The van der Waals surface area contributed by atoms with Crippen LogP contribution in [0.1, 0.15) is 66.2 Å². The van der Waals surface area contributed by atoms with Crippen molar-refractivity contribution in [1.82, 2.24) is 5.32 Å². The molecule has 0 aromatic heterocycles. The fourth-order valence-electron chi connectivity index (χ4n) is 4.05. The van der Waals surface area contributed by atoms with Gasteiger partial charge in [0.25, 0.3) is 0 Å². The van der Waals surface area contributed by atoms with E-state index in [1.54, 1.807) is 5.57 Å². The van der Waals surface area contributed by atoms with Crippen molar-refractivity contribution in [1.29, 1.82) is 0 Å².